The highest BCUT2D eigenvalue weighted by atomic mass is 19.3. The predicted octanol–water partition coefficient (Wildman–Crippen LogP) is 2.14. The molecule has 0 spiro atoms. The zero-order valence-electron chi connectivity index (χ0n) is 10.2. The number of nitrogens with zero attached hydrogens (tertiary/aromatic N) is 1. The molecule has 6 heteroatoms. The number of hydrogen-bond donors (Lipinski definition) is 2. The standard InChI is InChI=1S/C13H14F2N2O2/c14-12(15)19-11-2-1-9(7-10(11)18)13(8-16)3-5-17-6-4-13/h1-2,7,12,17-18H,3-6H2. The molecule has 0 atom stereocenters. The summed E-state index contributed by atoms with van der Waals surface area (Å²) < 4.78 is 28.4. The van der Waals surface area contributed by atoms with E-state index in [2.05, 4.69) is 16.1 Å². The van der Waals surface area contributed by atoms with Gasteiger partial charge in [-0.05, 0) is 43.6 Å². The molecule has 1 aliphatic heterocycles. The van der Waals surface area contributed by atoms with Crippen LogP contribution in [0.15, 0.2) is 18.2 Å². The van der Waals surface area contributed by atoms with E-state index in [1.54, 1.807) is 6.07 Å². The quantitative estimate of drug-likeness (QED) is 0.881. The number of rotatable bonds is 3. The number of hydrogen-bond acceptors (Lipinski definition) is 4. The molecule has 0 amide bonds. The molecule has 1 fully saturated rings. The maximum absolute atomic E-state index is 12.1. The second kappa shape index (κ2) is 5.41. The first-order chi connectivity index (χ1) is 9.07. The Bertz CT molecular complexity index is 494. The summed E-state index contributed by atoms with van der Waals surface area (Å²) in [5.41, 5.74) is -0.0397. The molecule has 1 heterocycles. The Kier molecular flexibility index (Phi) is 3.86. The number of ether oxygens (including phenoxy) is 1. The van der Waals surface area contributed by atoms with Crippen LogP contribution in [0, 0.1) is 11.3 Å². The SMILES string of the molecule is N#CC1(c2ccc(OC(F)F)c(O)c2)CCNCC1. The highest BCUT2D eigenvalue weighted by Crippen LogP contribution is 2.37. The van der Waals surface area contributed by atoms with Crippen molar-refractivity contribution in [1.29, 1.82) is 5.26 Å². The van der Waals surface area contributed by atoms with Crippen molar-refractivity contribution >= 4 is 0 Å². The summed E-state index contributed by atoms with van der Waals surface area (Å²) in [4.78, 5) is 0. The number of halogens is 2. The Balaban J connectivity index is 2.30. The molecule has 0 aromatic heterocycles. The first-order valence-corrected chi connectivity index (χ1v) is 5.98. The van der Waals surface area contributed by atoms with Crippen LogP contribution >= 0.6 is 0 Å². The van der Waals surface area contributed by atoms with Gasteiger partial charge in [-0.3, -0.25) is 0 Å². The number of phenols is 1. The number of phenolic OH excluding ortho intramolecular Hbond substituents is 1. The third-order valence-electron chi connectivity index (χ3n) is 3.40. The summed E-state index contributed by atoms with van der Waals surface area (Å²) in [6.45, 7) is -1.56. The Morgan fingerprint density at radius 3 is 2.58 bits per heavy atom. The molecule has 0 radical (unpaired) electrons. The topological polar surface area (TPSA) is 65.3 Å². The van der Waals surface area contributed by atoms with Gasteiger partial charge in [-0.15, -0.1) is 0 Å². The van der Waals surface area contributed by atoms with Crippen molar-refractivity contribution < 1.29 is 18.6 Å². The number of piperidine rings is 1. The fraction of sp³-hybridized carbons (Fsp3) is 0.462. The second-order valence-electron chi connectivity index (χ2n) is 4.50. The molecule has 2 rings (SSSR count). The van der Waals surface area contributed by atoms with Crippen molar-refractivity contribution in [1.82, 2.24) is 5.32 Å². The molecule has 0 aliphatic carbocycles. The lowest BCUT2D eigenvalue weighted by atomic mass is 9.74. The summed E-state index contributed by atoms with van der Waals surface area (Å²) in [5.74, 6) is -0.647. The molecule has 1 saturated heterocycles. The van der Waals surface area contributed by atoms with Gasteiger partial charge in [0, 0.05) is 0 Å². The number of benzene rings is 1. The highest BCUT2D eigenvalue weighted by Gasteiger charge is 2.34. The molecule has 1 aromatic carbocycles. The molecule has 4 nitrogen and oxygen atoms in total. The van der Waals surface area contributed by atoms with E-state index in [1.807, 2.05) is 0 Å². The molecule has 0 unspecified atom stereocenters. The Morgan fingerprint density at radius 2 is 2.05 bits per heavy atom. The number of nitrogens with one attached hydrogen (secondary N) is 1. The summed E-state index contributed by atoms with van der Waals surface area (Å²) in [6.07, 6.45) is 1.25. The van der Waals surface area contributed by atoms with Gasteiger partial charge < -0.3 is 15.2 Å². The minimum absolute atomic E-state index is 0.277. The summed E-state index contributed by atoms with van der Waals surface area (Å²) in [7, 11) is 0. The Morgan fingerprint density at radius 1 is 1.37 bits per heavy atom. The minimum Gasteiger partial charge on any atom is -0.504 e. The van der Waals surface area contributed by atoms with E-state index in [4.69, 9.17) is 0 Å². The average Bonchev–Trinajstić information content (AvgIpc) is 2.41. The third kappa shape index (κ3) is 2.76. The van der Waals surface area contributed by atoms with Crippen LogP contribution in [0.4, 0.5) is 8.78 Å². The largest absolute Gasteiger partial charge is 0.504 e. The van der Waals surface area contributed by atoms with Crippen LogP contribution < -0.4 is 10.1 Å². The maximum atomic E-state index is 12.1. The van der Waals surface area contributed by atoms with E-state index in [0.29, 0.717) is 31.5 Å². The van der Waals surface area contributed by atoms with Crippen molar-refractivity contribution in [3.63, 3.8) is 0 Å². The van der Waals surface area contributed by atoms with Crippen LogP contribution in [-0.2, 0) is 5.41 Å². The lowest BCUT2D eigenvalue weighted by Gasteiger charge is -2.31. The van der Waals surface area contributed by atoms with E-state index in [0.717, 1.165) is 0 Å². The van der Waals surface area contributed by atoms with E-state index >= 15 is 0 Å². The molecule has 1 aliphatic rings. The predicted molar refractivity (Wildman–Crippen MR) is 64.1 cm³/mol. The van der Waals surface area contributed by atoms with Crippen LogP contribution in [0.2, 0.25) is 0 Å². The number of aromatic hydroxyl groups is 1. The Labute approximate surface area is 109 Å². The van der Waals surface area contributed by atoms with Gasteiger partial charge in [-0.1, -0.05) is 6.07 Å². The highest BCUT2D eigenvalue weighted by molar-refractivity contribution is 5.46. The van der Waals surface area contributed by atoms with Crippen LogP contribution in [0.1, 0.15) is 18.4 Å². The molecule has 1 aromatic rings. The molecule has 2 N–H and O–H groups in total. The summed E-state index contributed by atoms with van der Waals surface area (Å²) in [5, 5.41) is 22.2. The minimum atomic E-state index is -2.99. The first kappa shape index (κ1) is 13.6. The van der Waals surface area contributed by atoms with Gasteiger partial charge in [-0.25, -0.2) is 0 Å². The average molecular weight is 268 g/mol. The van der Waals surface area contributed by atoms with Gasteiger partial charge in [-0.2, -0.15) is 14.0 Å². The van der Waals surface area contributed by atoms with Crippen molar-refractivity contribution in [2.75, 3.05) is 13.1 Å². The van der Waals surface area contributed by atoms with Gasteiger partial charge in [0.2, 0.25) is 0 Å². The van der Waals surface area contributed by atoms with Crippen molar-refractivity contribution in [2.45, 2.75) is 24.9 Å². The lowest BCUT2D eigenvalue weighted by Crippen LogP contribution is -2.38. The summed E-state index contributed by atoms with van der Waals surface area (Å²) >= 11 is 0. The summed E-state index contributed by atoms with van der Waals surface area (Å²) in [6, 6.07) is 6.46. The lowest BCUT2D eigenvalue weighted by molar-refractivity contribution is -0.0512. The van der Waals surface area contributed by atoms with E-state index in [9.17, 15) is 19.1 Å². The van der Waals surface area contributed by atoms with E-state index in [1.165, 1.54) is 12.1 Å². The molecular weight excluding hydrogens is 254 g/mol. The van der Waals surface area contributed by atoms with Crippen LogP contribution in [0.3, 0.4) is 0 Å². The molecule has 0 saturated carbocycles. The van der Waals surface area contributed by atoms with Gasteiger partial charge in [0.05, 0.1) is 11.5 Å². The zero-order chi connectivity index (χ0) is 13.9. The van der Waals surface area contributed by atoms with Crippen LogP contribution in [0.25, 0.3) is 0 Å². The van der Waals surface area contributed by atoms with Crippen molar-refractivity contribution in [2.24, 2.45) is 0 Å². The molecule has 0 bridgehead atoms. The molecular formula is C13H14F2N2O2. The van der Waals surface area contributed by atoms with Gasteiger partial charge >= 0.3 is 6.61 Å². The zero-order valence-corrected chi connectivity index (χ0v) is 10.2. The second-order valence-corrected chi connectivity index (χ2v) is 4.50. The van der Waals surface area contributed by atoms with Crippen LogP contribution in [0.5, 0.6) is 11.5 Å². The Hall–Kier alpha value is -1.87. The smallest absolute Gasteiger partial charge is 0.387 e. The van der Waals surface area contributed by atoms with E-state index < -0.39 is 12.0 Å². The maximum Gasteiger partial charge on any atom is 0.387 e. The normalized spacial score (nSPS) is 18.0. The van der Waals surface area contributed by atoms with Gasteiger partial charge in [0.25, 0.3) is 0 Å². The van der Waals surface area contributed by atoms with Crippen molar-refractivity contribution in [3.05, 3.63) is 23.8 Å². The van der Waals surface area contributed by atoms with Crippen molar-refractivity contribution in [3.8, 4) is 17.6 Å². The third-order valence-corrected chi connectivity index (χ3v) is 3.40. The monoisotopic (exact) mass is 268 g/mol. The first-order valence-electron chi connectivity index (χ1n) is 5.98. The number of alkyl halides is 2. The molecule has 102 valence electrons. The van der Waals surface area contributed by atoms with Crippen LogP contribution in [-0.4, -0.2) is 24.8 Å². The number of nitriles is 1. The fourth-order valence-electron chi connectivity index (χ4n) is 2.33. The van der Waals surface area contributed by atoms with Gasteiger partial charge in [0.15, 0.2) is 11.5 Å². The van der Waals surface area contributed by atoms with E-state index in [-0.39, 0.29) is 11.5 Å². The van der Waals surface area contributed by atoms with Gasteiger partial charge in [0.1, 0.15) is 0 Å². The molecule has 19 heavy (non-hydrogen) atoms. The fourth-order valence-corrected chi connectivity index (χ4v) is 2.33.